The predicted molar refractivity (Wildman–Crippen MR) is 79.8 cm³/mol. The lowest BCUT2D eigenvalue weighted by Crippen LogP contribution is -2.31. The molecule has 1 atom stereocenters. The zero-order chi connectivity index (χ0) is 15.9. The van der Waals surface area contributed by atoms with Gasteiger partial charge in [0, 0.05) is 24.8 Å². The van der Waals surface area contributed by atoms with Gasteiger partial charge in [-0.15, -0.1) is 0 Å². The summed E-state index contributed by atoms with van der Waals surface area (Å²) < 4.78 is 24.9. The van der Waals surface area contributed by atoms with Gasteiger partial charge in [0.25, 0.3) is 0 Å². The van der Waals surface area contributed by atoms with Crippen LogP contribution in [0.25, 0.3) is 0 Å². The number of aromatic nitrogens is 3. The molecule has 1 aliphatic rings. The van der Waals surface area contributed by atoms with Gasteiger partial charge in [-0.3, -0.25) is 10.1 Å². The Labute approximate surface area is 130 Å². The molecule has 0 aliphatic carbocycles. The van der Waals surface area contributed by atoms with Gasteiger partial charge in [-0.25, -0.2) is 18.1 Å². The van der Waals surface area contributed by atoms with Crippen molar-refractivity contribution in [3.05, 3.63) is 28.3 Å². The molecule has 1 unspecified atom stereocenters. The number of hydrogen-bond donors (Lipinski definition) is 1. The second-order valence-corrected chi connectivity index (χ2v) is 8.34. The first-order chi connectivity index (χ1) is 10.3. The van der Waals surface area contributed by atoms with Gasteiger partial charge in [0.05, 0.1) is 11.5 Å². The third kappa shape index (κ3) is 2.81. The quantitative estimate of drug-likeness (QED) is 0.651. The maximum absolute atomic E-state index is 11.6. The summed E-state index contributed by atoms with van der Waals surface area (Å²) in [5.41, 5.74) is -0.213. The average Bonchev–Trinajstić information content (AvgIpc) is 3.03. The molecule has 0 saturated carbocycles. The van der Waals surface area contributed by atoms with Crippen LogP contribution in [-0.4, -0.2) is 40.4 Å². The Bertz CT molecular complexity index is 825. The molecule has 0 amide bonds. The van der Waals surface area contributed by atoms with Gasteiger partial charge < -0.3 is 5.32 Å². The lowest BCUT2D eigenvalue weighted by atomic mass is 10.1. The maximum Gasteiger partial charge on any atom is 0.304 e. The third-order valence-corrected chi connectivity index (χ3v) is 6.25. The number of rotatable bonds is 4. The third-order valence-electron chi connectivity index (χ3n) is 3.39. The van der Waals surface area contributed by atoms with Crippen LogP contribution in [0.4, 0.5) is 10.7 Å². The maximum atomic E-state index is 11.6. The van der Waals surface area contributed by atoms with E-state index in [1.54, 1.807) is 4.68 Å². The van der Waals surface area contributed by atoms with Crippen LogP contribution in [0.15, 0.2) is 16.6 Å². The van der Waals surface area contributed by atoms with Crippen LogP contribution in [0.3, 0.4) is 0 Å². The number of sulfone groups is 1. The molecule has 11 heteroatoms. The van der Waals surface area contributed by atoms with E-state index in [1.165, 1.54) is 6.33 Å². The van der Waals surface area contributed by atoms with Crippen LogP contribution in [0, 0.1) is 10.1 Å². The van der Waals surface area contributed by atoms with Gasteiger partial charge in [-0.1, -0.05) is 11.3 Å². The smallest absolute Gasteiger partial charge is 0.304 e. The minimum absolute atomic E-state index is 0.0149. The fraction of sp³-hybridized carbons (Fsp3) is 0.455. The first kappa shape index (κ1) is 14.9. The summed E-state index contributed by atoms with van der Waals surface area (Å²) in [4.78, 5) is 14.7. The highest BCUT2D eigenvalue weighted by atomic mass is 32.2. The molecule has 3 rings (SSSR count). The van der Waals surface area contributed by atoms with E-state index >= 15 is 0 Å². The average molecular weight is 343 g/mol. The largest absolute Gasteiger partial charge is 0.367 e. The molecule has 0 fully saturated rings. The van der Waals surface area contributed by atoms with Crippen LogP contribution in [0.2, 0.25) is 0 Å². The highest BCUT2D eigenvalue weighted by molar-refractivity contribution is 7.92. The summed E-state index contributed by atoms with van der Waals surface area (Å²) in [6.45, 7) is 0.540. The van der Waals surface area contributed by atoms with Crippen molar-refractivity contribution in [3.63, 3.8) is 0 Å². The molecule has 1 N–H and O–H groups in total. The van der Waals surface area contributed by atoms with E-state index in [9.17, 15) is 18.5 Å². The molecule has 22 heavy (non-hydrogen) atoms. The molecule has 2 aromatic heterocycles. The van der Waals surface area contributed by atoms with Gasteiger partial charge in [-0.05, 0) is 6.42 Å². The van der Waals surface area contributed by atoms with Crippen LogP contribution in [0.1, 0.15) is 12.2 Å². The van der Waals surface area contributed by atoms with Crippen molar-refractivity contribution in [2.45, 2.75) is 29.6 Å². The number of nitro groups is 1. The molecule has 0 aromatic carbocycles. The van der Waals surface area contributed by atoms with Crippen LogP contribution in [0.5, 0.6) is 0 Å². The summed E-state index contributed by atoms with van der Waals surface area (Å²) in [6.07, 6.45) is 3.99. The van der Waals surface area contributed by atoms with Crippen LogP contribution >= 0.6 is 11.3 Å². The van der Waals surface area contributed by atoms with Crippen molar-refractivity contribution in [1.29, 1.82) is 0 Å². The van der Waals surface area contributed by atoms with Crippen molar-refractivity contribution >= 4 is 31.9 Å². The predicted octanol–water partition coefficient (Wildman–Crippen LogP) is 1.08. The van der Waals surface area contributed by atoms with Gasteiger partial charge in [0.1, 0.15) is 16.4 Å². The molecule has 2 aromatic rings. The molecule has 0 radical (unpaired) electrons. The Morgan fingerprint density at radius 3 is 3.00 bits per heavy atom. The molecule has 0 spiro atoms. The van der Waals surface area contributed by atoms with Crippen molar-refractivity contribution in [3.8, 4) is 0 Å². The normalized spacial score (nSPS) is 18.0. The highest BCUT2D eigenvalue weighted by Gasteiger charge is 2.27. The van der Waals surface area contributed by atoms with Crippen LogP contribution < -0.4 is 5.32 Å². The number of nitrogens with zero attached hydrogens (tertiary/aromatic N) is 4. The number of hydrogen-bond acceptors (Lipinski definition) is 8. The van der Waals surface area contributed by atoms with E-state index in [0.29, 0.717) is 6.54 Å². The summed E-state index contributed by atoms with van der Waals surface area (Å²) in [5.74, 6) is 0.885. The molecular formula is C11H13N5O4S2. The van der Waals surface area contributed by atoms with E-state index in [1.807, 2.05) is 0 Å². The fourth-order valence-electron chi connectivity index (χ4n) is 2.32. The zero-order valence-electron chi connectivity index (χ0n) is 11.6. The highest BCUT2D eigenvalue weighted by Crippen LogP contribution is 2.38. The number of thiophene rings is 1. The van der Waals surface area contributed by atoms with Gasteiger partial charge >= 0.3 is 5.69 Å². The number of fused-ring (bicyclic) bond motifs is 1. The topological polar surface area (TPSA) is 120 Å². The summed E-state index contributed by atoms with van der Waals surface area (Å²) in [6, 6.07) is 1.05. The van der Waals surface area contributed by atoms with E-state index in [2.05, 4.69) is 15.4 Å². The molecule has 3 heterocycles. The minimum Gasteiger partial charge on any atom is -0.367 e. The van der Waals surface area contributed by atoms with Gasteiger partial charge in [-0.2, -0.15) is 5.10 Å². The lowest BCUT2D eigenvalue weighted by Gasteiger charge is -2.23. The van der Waals surface area contributed by atoms with Crippen molar-refractivity contribution in [2.24, 2.45) is 0 Å². The van der Waals surface area contributed by atoms with E-state index in [-0.39, 0.29) is 20.9 Å². The van der Waals surface area contributed by atoms with Gasteiger partial charge in [0.15, 0.2) is 14.8 Å². The Hall–Kier alpha value is -2.01. The number of anilines is 1. The Morgan fingerprint density at radius 2 is 2.32 bits per heavy atom. The molecule has 118 valence electrons. The monoisotopic (exact) mass is 343 g/mol. The van der Waals surface area contributed by atoms with E-state index in [4.69, 9.17) is 0 Å². The molecule has 0 bridgehead atoms. The lowest BCUT2D eigenvalue weighted by molar-refractivity contribution is -0.383. The summed E-state index contributed by atoms with van der Waals surface area (Å²) in [7, 11) is -3.47. The first-order valence-corrected chi connectivity index (χ1v) is 9.17. The molecule has 1 aliphatic heterocycles. The minimum atomic E-state index is -3.47. The Kier molecular flexibility index (Phi) is 3.60. The summed E-state index contributed by atoms with van der Waals surface area (Å²) >= 11 is 0.886. The van der Waals surface area contributed by atoms with Crippen LogP contribution in [-0.2, 0) is 22.8 Å². The van der Waals surface area contributed by atoms with Crippen molar-refractivity contribution < 1.29 is 13.3 Å². The SMILES string of the molecule is CS(=O)(=O)c1cc([N+](=O)[O-])c(NC2CCc3ncnn3C2)s1. The fourth-order valence-corrected chi connectivity index (χ4v) is 4.34. The summed E-state index contributed by atoms with van der Waals surface area (Å²) in [5, 5.41) is 18.5. The number of aryl methyl sites for hydroxylation is 1. The van der Waals surface area contributed by atoms with Crippen molar-refractivity contribution in [1.82, 2.24) is 14.8 Å². The molecular weight excluding hydrogens is 330 g/mol. The second-order valence-electron chi connectivity index (χ2n) is 5.05. The van der Waals surface area contributed by atoms with E-state index in [0.717, 1.165) is 42.3 Å². The standard InChI is InChI=1S/C11H13N5O4S2/c1-22(19,20)10-4-8(16(17)18)11(21-10)14-7-2-3-9-12-6-13-15(9)5-7/h4,6-7,14H,2-3,5H2,1H3. The van der Waals surface area contributed by atoms with E-state index < -0.39 is 14.8 Å². The second kappa shape index (κ2) is 5.32. The molecule has 9 nitrogen and oxygen atoms in total. The number of nitrogens with one attached hydrogen (secondary N) is 1. The molecule has 0 saturated heterocycles. The van der Waals surface area contributed by atoms with Crippen molar-refractivity contribution in [2.75, 3.05) is 11.6 Å². The Balaban J connectivity index is 1.86. The Morgan fingerprint density at radius 1 is 1.55 bits per heavy atom. The van der Waals surface area contributed by atoms with Gasteiger partial charge in [0.2, 0.25) is 0 Å². The first-order valence-electron chi connectivity index (χ1n) is 6.46. The zero-order valence-corrected chi connectivity index (χ0v) is 13.2.